The third-order valence-corrected chi connectivity index (χ3v) is 4.72. The van der Waals surface area contributed by atoms with E-state index in [0.29, 0.717) is 5.92 Å². The Hall–Kier alpha value is -1.46. The fraction of sp³-hybridized carbons (Fsp3) is 0.556. The van der Waals surface area contributed by atoms with Gasteiger partial charge in [-0.15, -0.1) is 6.58 Å². The summed E-state index contributed by atoms with van der Waals surface area (Å²) in [5.41, 5.74) is -0.134. The van der Waals surface area contributed by atoms with E-state index >= 15 is 0 Å². The summed E-state index contributed by atoms with van der Waals surface area (Å²) in [6.07, 6.45) is -3.13. The van der Waals surface area contributed by atoms with Gasteiger partial charge in [0, 0.05) is 5.56 Å². The lowest BCUT2D eigenvalue weighted by Gasteiger charge is -2.28. The van der Waals surface area contributed by atoms with Crippen LogP contribution in [0.1, 0.15) is 49.1 Å². The molecule has 1 aliphatic rings. The smallest absolute Gasteiger partial charge is 0.230 e. The van der Waals surface area contributed by atoms with Crippen LogP contribution >= 0.6 is 0 Å². The summed E-state index contributed by atoms with van der Waals surface area (Å²) < 4.78 is 77.1. The predicted octanol–water partition coefficient (Wildman–Crippen LogP) is 6.53. The standard InChI is InChI=1S/C18H20F6/c1-2-3-12-4-6-13(7-5-12)14-8-10-15(11-9-14)17(20,21)16(19)18(22,23)24/h2,8-13,16H,1,3-7H2. The molecule has 1 aromatic rings. The fourth-order valence-electron chi connectivity index (χ4n) is 3.30. The van der Waals surface area contributed by atoms with Gasteiger partial charge in [-0.3, -0.25) is 0 Å². The van der Waals surface area contributed by atoms with Crippen LogP contribution in [0.5, 0.6) is 0 Å². The highest BCUT2D eigenvalue weighted by molar-refractivity contribution is 5.29. The molecule has 0 heterocycles. The lowest BCUT2D eigenvalue weighted by molar-refractivity contribution is -0.248. The van der Waals surface area contributed by atoms with E-state index in [1.165, 1.54) is 12.1 Å². The summed E-state index contributed by atoms with van der Waals surface area (Å²) in [6.45, 7) is 3.71. The third kappa shape index (κ3) is 4.14. The van der Waals surface area contributed by atoms with E-state index in [0.717, 1.165) is 49.8 Å². The molecule has 24 heavy (non-hydrogen) atoms. The van der Waals surface area contributed by atoms with Gasteiger partial charge in [-0.25, -0.2) is 4.39 Å². The number of hydrogen-bond donors (Lipinski definition) is 0. The van der Waals surface area contributed by atoms with Gasteiger partial charge in [-0.2, -0.15) is 22.0 Å². The Kier molecular flexibility index (Phi) is 5.66. The molecule has 1 aliphatic carbocycles. The number of hydrogen-bond acceptors (Lipinski definition) is 0. The highest BCUT2D eigenvalue weighted by Crippen LogP contribution is 2.43. The Morgan fingerprint density at radius 1 is 1.00 bits per heavy atom. The predicted molar refractivity (Wildman–Crippen MR) is 80.8 cm³/mol. The summed E-state index contributed by atoms with van der Waals surface area (Å²) >= 11 is 0. The average Bonchev–Trinajstić information content (AvgIpc) is 2.54. The lowest BCUT2D eigenvalue weighted by Crippen LogP contribution is -2.39. The van der Waals surface area contributed by atoms with Crippen LogP contribution in [0.4, 0.5) is 26.3 Å². The van der Waals surface area contributed by atoms with E-state index in [9.17, 15) is 26.3 Å². The SMILES string of the molecule is C=CCC1CCC(c2ccc(C(F)(F)C(F)C(F)(F)F)cc2)CC1. The molecule has 0 radical (unpaired) electrons. The fourth-order valence-corrected chi connectivity index (χ4v) is 3.30. The summed E-state index contributed by atoms with van der Waals surface area (Å²) in [6, 6.07) is 4.60. The molecule has 0 nitrogen and oxygen atoms in total. The van der Waals surface area contributed by atoms with Gasteiger partial charge in [0.05, 0.1) is 0 Å². The molecule has 0 spiro atoms. The van der Waals surface area contributed by atoms with Crippen LogP contribution in [0, 0.1) is 5.92 Å². The van der Waals surface area contributed by atoms with Crippen LogP contribution in [0.15, 0.2) is 36.9 Å². The number of benzene rings is 1. The van der Waals surface area contributed by atoms with Gasteiger partial charge in [-0.1, -0.05) is 30.3 Å². The zero-order valence-corrected chi connectivity index (χ0v) is 13.1. The molecule has 2 rings (SSSR count). The summed E-state index contributed by atoms with van der Waals surface area (Å²) in [4.78, 5) is 0. The molecule has 0 bridgehead atoms. The second-order valence-corrected chi connectivity index (χ2v) is 6.39. The van der Waals surface area contributed by atoms with E-state index in [2.05, 4.69) is 6.58 Å². The van der Waals surface area contributed by atoms with Crippen molar-refractivity contribution in [2.75, 3.05) is 0 Å². The molecule has 6 heteroatoms. The van der Waals surface area contributed by atoms with Gasteiger partial charge >= 0.3 is 12.1 Å². The first-order chi connectivity index (χ1) is 11.2. The van der Waals surface area contributed by atoms with Crippen molar-refractivity contribution in [3.05, 3.63) is 48.0 Å². The minimum Gasteiger partial charge on any atom is -0.230 e. The Balaban J connectivity index is 2.07. The molecule has 134 valence electrons. The van der Waals surface area contributed by atoms with E-state index in [1.54, 1.807) is 0 Å². The minimum absolute atomic E-state index is 0.206. The molecule has 0 saturated heterocycles. The largest absolute Gasteiger partial charge is 0.426 e. The van der Waals surface area contributed by atoms with Gasteiger partial charge < -0.3 is 0 Å². The second-order valence-electron chi connectivity index (χ2n) is 6.39. The van der Waals surface area contributed by atoms with Crippen LogP contribution in [0.2, 0.25) is 0 Å². The number of halogens is 6. The van der Waals surface area contributed by atoms with E-state index in [4.69, 9.17) is 0 Å². The topological polar surface area (TPSA) is 0 Å². The van der Waals surface area contributed by atoms with Gasteiger partial charge in [0.1, 0.15) is 0 Å². The van der Waals surface area contributed by atoms with Crippen molar-refractivity contribution in [1.29, 1.82) is 0 Å². The molecule has 1 fully saturated rings. The van der Waals surface area contributed by atoms with Gasteiger partial charge in [0.15, 0.2) is 0 Å². The lowest BCUT2D eigenvalue weighted by atomic mass is 9.77. The zero-order chi connectivity index (χ0) is 18.0. The Labute approximate surface area is 137 Å². The van der Waals surface area contributed by atoms with Crippen molar-refractivity contribution in [1.82, 2.24) is 0 Å². The maximum atomic E-state index is 13.7. The van der Waals surface area contributed by atoms with Crippen molar-refractivity contribution >= 4 is 0 Å². The molecule has 1 atom stereocenters. The van der Waals surface area contributed by atoms with E-state index in [1.807, 2.05) is 6.08 Å². The number of alkyl halides is 6. The maximum absolute atomic E-state index is 13.7. The number of rotatable bonds is 5. The quantitative estimate of drug-likeness (QED) is 0.418. The summed E-state index contributed by atoms with van der Waals surface area (Å²) in [5, 5.41) is 0. The van der Waals surface area contributed by atoms with E-state index in [-0.39, 0.29) is 5.92 Å². The first kappa shape index (κ1) is 18.9. The van der Waals surface area contributed by atoms with Crippen molar-refractivity contribution in [2.24, 2.45) is 5.92 Å². The molecule has 1 aromatic carbocycles. The van der Waals surface area contributed by atoms with Crippen LogP contribution in [0.3, 0.4) is 0 Å². The van der Waals surface area contributed by atoms with Crippen LogP contribution in [-0.2, 0) is 5.92 Å². The van der Waals surface area contributed by atoms with Crippen LogP contribution < -0.4 is 0 Å². The third-order valence-electron chi connectivity index (χ3n) is 4.72. The monoisotopic (exact) mass is 350 g/mol. The summed E-state index contributed by atoms with van der Waals surface area (Å²) in [5.74, 6) is -3.79. The average molecular weight is 350 g/mol. The van der Waals surface area contributed by atoms with Crippen LogP contribution in [-0.4, -0.2) is 12.3 Å². The zero-order valence-electron chi connectivity index (χ0n) is 13.1. The maximum Gasteiger partial charge on any atom is 0.426 e. The highest BCUT2D eigenvalue weighted by Gasteiger charge is 2.57. The molecule has 0 aliphatic heterocycles. The van der Waals surface area contributed by atoms with Crippen LogP contribution in [0.25, 0.3) is 0 Å². The van der Waals surface area contributed by atoms with Crippen molar-refractivity contribution < 1.29 is 26.3 Å². The first-order valence-corrected chi connectivity index (χ1v) is 7.96. The molecule has 0 amide bonds. The number of allylic oxidation sites excluding steroid dienone is 1. The minimum atomic E-state index is -5.59. The highest BCUT2D eigenvalue weighted by atomic mass is 19.4. The molecule has 0 N–H and O–H groups in total. The van der Waals surface area contributed by atoms with Crippen molar-refractivity contribution in [3.8, 4) is 0 Å². The van der Waals surface area contributed by atoms with Crippen molar-refractivity contribution in [3.63, 3.8) is 0 Å². The molecular weight excluding hydrogens is 330 g/mol. The van der Waals surface area contributed by atoms with E-state index < -0.39 is 23.8 Å². The molecule has 1 unspecified atom stereocenters. The van der Waals surface area contributed by atoms with Gasteiger partial charge in [-0.05, 0) is 49.5 Å². The first-order valence-electron chi connectivity index (χ1n) is 7.96. The molecule has 1 saturated carbocycles. The summed E-state index contributed by atoms with van der Waals surface area (Å²) in [7, 11) is 0. The Morgan fingerprint density at radius 2 is 1.54 bits per heavy atom. The Bertz CT molecular complexity index is 538. The van der Waals surface area contributed by atoms with Crippen molar-refractivity contribution in [2.45, 2.75) is 56.3 Å². The Morgan fingerprint density at radius 3 is 2.00 bits per heavy atom. The second kappa shape index (κ2) is 7.19. The molecular formula is C18H20F6. The van der Waals surface area contributed by atoms with Gasteiger partial charge in [0.2, 0.25) is 0 Å². The normalized spacial score (nSPS) is 23.8. The molecule has 0 aromatic heterocycles. The van der Waals surface area contributed by atoms with Gasteiger partial charge in [0.25, 0.3) is 6.17 Å².